The number of benzene rings is 4. The highest BCUT2D eigenvalue weighted by Crippen LogP contribution is 2.33. The Hall–Kier alpha value is -4.07. The van der Waals surface area contributed by atoms with E-state index >= 15 is 0 Å². The lowest BCUT2D eigenvalue weighted by Crippen LogP contribution is -2.26. The van der Waals surface area contributed by atoms with Gasteiger partial charge >= 0.3 is 0 Å². The van der Waals surface area contributed by atoms with Gasteiger partial charge in [-0.05, 0) is 60.2 Å². The van der Waals surface area contributed by atoms with Gasteiger partial charge in [-0.3, -0.25) is 9.10 Å². The highest BCUT2D eigenvalue weighted by molar-refractivity contribution is 7.92. The number of ketones is 1. The maximum Gasteiger partial charge on any atom is 0.264 e. The number of carbonyl (C=O) groups is 1. The van der Waals surface area contributed by atoms with Gasteiger partial charge in [0.2, 0.25) is 5.78 Å². The van der Waals surface area contributed by atoms with Crippen molar-refractivity contribution in [3.63, 3.8) is 0 Å². The quantitative estimate of drug-likeness (QED) is 0.207. The molecule has 1 aromatic heterocycles. The third-order valence-corrected chi connectivity index (χ3v) is 8.53. The SMILES string of the molecule is CN(c1ccc(OCC(=O)c2c(-c3ccccc3)n(C)c3ccccc23)cc1)S(=O)(=O)c1ccc(Cl)cc1. The van der Waals surface area contributed by atoms with Gasteiger partial charge in [0.05, 0.1) is 21.8 Å². The summed E-state index contributed by atoms with van der Waals surface area (Å²) in [5.41, 5.74) is 3.82. The normalized spacial score (nSPS) is 11.4. The number of para-hydroxylation sites is 1. The smallest absolute Gasteiger partial charge is 0.264 e. The van der Waals surface area contributed by atoms with E-state index in [9.17, 15) is 13.2 Å². The summed E-state index contributed by atoms with van der Waals surface area (Å²) < 4.78 is 35.0. The Balaban J connectivity index is 1.36. The van der Waals surface area contributed by atoms with Crippen LogP contribution in [0.15, 0.2) is 108 Å². The van der Waals surface area contributed by atoms with Crippen LogP contribution >= 0.6 is 11.6 Å². The molecule has 1 heterocycles. The van der Waals surface area contributed by atoms with Crippen molar-refractivity contribution in [3.05, 3.63) is 114 Å². The number of Topliss-reactive ketones (excluding diaryl/α,β-unsaturated/α-hetero) is 1. The first kappa shape index (κ1) is 25.6. The van der Waals surface area contributed by atoms with Crippen molar-refractivity contribution < 1.29 is 17.9 Å². The molecule has 0 atom stereocenters. The van der Waals surface area contributed by atoms with Crippen LogP contribution in [0.25, 0.3) is 22.2 Å². The van der Waals surface area contributed by atoms with Crippen LogP contribution in [-0.2, 0) is 17.1 Å². The van der Waals surface area contributed by atoms with Crippen molar-refractivity contribution in [2.75, 3.05) is 18.0 Å². The molecular weight excluding hydrogens is 520 g/mol. The van der Waals surface area contributed by atoms with E-state index in [1.165, 1.54) is 35.6 Å². The lowest BCUT2D eigenvalue weighted by molar-refractivity contribution is 0.0923. The van der Waals surface area contributed by atoms with Crippen LogP contribution < -0.4 is 9.04 Å². The molecule has 0 amide bonds. The van der Waals surface area contributed by atoms with Gasteiger partial charge in [-0.15, -0.1) is 0 Å². The number of carbonyl (C=O) groups excluding carboxylic acids is 1. The molecule has 0 aliphatic heterocycles. The third-order valence-electron chi connectivity index (χ3n) is 6.48. The Bertz CT molecular complexity index is 1710. The minimum absolute atomic E-state index is 0.139. The van der Waals surface area contributed by atoms with Crippen LogP contribution in [0.4, 0.5) is 5.69 Å². The summed E-state index contributed by atoms with van der Waals surface area (Å²) in [5, 5.41) is 1.33. The average Bonchev–Trinajstić information content (AvgIpc) is 3.24. The second-order valence-corrected chi connectivity index (χ2v) is 11.2. The molecule has 8 heteroatoms. The van der Waals surface area contributed by atoms with Gasteiger partial charge in [-0.2, -0.15) is 0 Å². The van der Waals surface area contributed by atoms with E-state index in [2.05, 4.69) is 0 Å². The Morgan fingerprint density at radius 1 is 0.868 bits per heavy atom. The molecule has 0 unspecified atom stereocenters. The van der Waals surface area contributed by atoms with Gasteiger partial charge in [0.25, 0.3) is 10.0 Å². The first-order valence-electron chi connectivity index (χ1n) is 11.9. The number of fused-ring (bicyclic) bond motifs is 1. The highest BCUT2D eigenvalue weighted by Gasteiger charge is 2.23. The molecule has 0 bridgehead atoms. The number of hydrogen-bond donors (Lipinski definition) is 0. The Morgan fingerprint density at radius 2 is 1.50 bits per heavy atom. The van der Waals surface area contributed by atoms with E-state index in [0.717, 1.165) is 22.2 Å². The van der Waals surface area contributed by atoms with Gasteiger partial charge < -0.3 is 9.30 Å². The molecular formula is C30H25ClN2O4S. The predicted molar refractivity (Wildman–Crippen MR) is 152 cm³/mol. The van der Waals surface area contributed by atoms with Crippen molar-refractivity contribution in [3.8, 4) is 17.0 Å². The van der Waals surface area contributed by atoms with Gasteiger partial charge in [0.1, 0.15) is 5.75 Å². The van der Waals surface area contributed by atoms with Crippen LogP contribution in [0, 0.1) is 0 Å². The van der Waals surface area contributed by atoms with Crippen LogP contribution in [0.3, 0.4) is 0 Å². The van der Waals surface area contributed by atoms with E-state index in [4.69, 9.17) is 16.3 Å². The number of ether oxygens (including phenoxy) is 1. The fourth-order valence-corrected chi connectivity index (χ4v) is 5.81. The zero-order valence-corrected chi connectivity index (χ0v) is 22.4. The van der Waals surface area contributed by atoms with Crippen molar-refractivity contribution >= 4 is 44.0 Å². The van der Waals surface area contributed by atoms with Crippen molar-refractivity contribution in [1.82, 2.24) is 4.57 Å². The van der Waals surface area contributed by atoms with Gasteiger partial charge in [0, 0.05) is 30.0 Å². The first-order valence-corrected chi connectivity index (χ1v) is 13.7. The number of rotatable bonds is 8. The second-order valence-electron chi connectivity index (χ2n) is 8.80. The third kappa shape index (κ3) is 4.78. The lowest BCUT2D eigenvalue weighted by Gasteiger charge is -2.20. The summed E-state index contributed by atoms with van der Waals surface area (Å²) in [6, 6.07) is 30.2. The van der Waals surface area contributed by atoms with Crippen LogP contribution in [-0.4, -0.2) is 32.4 Å². The number of halogens is 1. The van der Waals surface area contributed by atoms with Gasteiger partial charge in [-0.25, -0.2) is 8.42 Å². The summed E-state index contributed by atoms with van der Waals surface area (Å²) in [6.45, 7) is -0.161. The summed E-state index contributed by atoms with van der Waals surface area (Å²) in [7, 11) is -0.320. The minimum Gasteiger partial charge on any atom is -0.485 e. The number of sulfonamides is 1. The molecule has 0 spiro atoms. The summed E-state index contributed by atoms with van der Waals surface area (Å²) in [5.74, 6) is 0.313. The molecule has 6 nitrogen and oxygen atoms in total. The lowest BCUT2D eigenvalue weighted by atomic mass is 10.0. The fraction of sp³-hybridized carbons (Fsp3) is 0.100. The Kier molecular flexibility index (Phi) is 6.97. The average molecular weight is 545 g/mol. The maximum atomic E-state index is 13.5. The van der Waals surface area contributed by atoms with Crippen LogP contribution in [0.2, 0.25) is 5.02 Å². The van der Waals surface area contributed by atoms with Crippen molar-refractivity contribution in [2.45, 2.75) is 4.90 Å². The summed E-state index contributed by atoms with van der Waals surface area (Å²) >= 11 is 5.89. The first-order chi connectivity index (χ1) is 18.3. The predicted octanol–water partition coefficient (Wildman–Crippen LogP) is 6.59. The molecule has 0 N–H and O–H groups in total. The van der Waals surface area contributed by atoms with Gasteiger partial charge in [0.15, 0.2) is 6.61 Å². The standard InChI is InChI=1S/C30H25ClN2O4S/c1-32-27-11-7-6-10-26(27)29(30(32)21-8-4-3-5-9-21)28(34)20-37-24-16-14-23(15-17-24)33(2)38(35,36)25-18-12-22(31)13-19-25/h3-19H,20H2,1-2H3. The topological polar surface area (TPSA) is 68.6 Å². The number of nitrogens with zero attached hydrogens (tertiary/aromatic N) is 2. The molecule has 0 saturated heterocycles. The monoisotopic (exact) mass is 544 g/mol. The van der Waals surface area contributed by atoms with Crippen LogP contribution in [0.1, 0.15) is 10.4 Å². The molecule has 0 fully saturated rings. The van der Waals surface area contributed by atoms with E-state index in [1.807, 2.05) is 66.2 Å². The van der Waals surface area contributed by atoms with Crippen molar-refractivity contribution in [2.24, 2.45) is 7.05 Å². The Morgan fingerprint density at radius 3 is 2.18 bits per heavy atom. The summed E-state index contributed by atoms with van der Waals surface area (Å²) in [4.78, 5) is 13.6. The zero-order chi connectivity index (χ0) is 26.9. The molecule has 38 heavy (non-hydrogen) atoms. The molecule has 0 radical (unpaired) electrons. The number of aryl methyl sites for hydroxylation is 1. The molecule has 4 aromatic carbocycles. The van der Waals surface area contributed by atoms with E-state index in [1.54, 1.807) is 24.3 Å². The number of anilines is 1. The highest BCUT2D eigenvalue weighted by atomic mass is 35.5. The molecule has 5 aromatic rings. The molecule has 192 valence electrons. The zero-order valence-electron chi connectivity index (χ0n) is 20.8. The van der Waals surface area contributed by atoms with E-state index < -0.39 is 10.0 Å². The van der Waals surface area contributed by atoms with Gasteiger partial charge in [-0.1, -0.05) is 60.1 Å². The van der Waals surface area contributed by atoms with Crippen LogP contribution in [0.5, 0.6) is 5.75 Å². The fourth-order valence-electron chi connectivity index (χ4n) is 4.49. The van der Waals surface area contributed by atoms with E-state index in [-0.39, 0.29) is 17.3 Å². The second kappa shape index (κ2) is 10.4. The number of aromatic nitrogens is 1. The molecule has 0 aliphatic carbocycles. The summed E-state index contributed by atoms with van der Waals surface area (Å²) in [6.07, 6.45) is 0. The largest absolute Gasteiger partial charge is 0.485 e. The molecule has 0 saturated carbocycles. The van der Waals surface area contributed by atoms with E-state index in [0.29, 0.717) is 22.0 Å². The molecule has 0 aliphatic rings. The Labute approximate surface area is 226 Å². The molecule has 5 rings (SSSR count). The maximum absolute atomic E-state index is 13.5. The minimum atomic E-state index is -3.76. The van der Waals surface area contributed by atoms with Crippen molar-refractivity contribution in [1.29, 1.82) is 0 Å². The number of hydrogen-bond acceptors (Lipinski definition) is 4.